The molecule has 0 aromatic carbocycles. The summed E-state index contributed by atoms with van der Waals surface area (Å²) in [4.78, 5) is 0. The molecular weight excluding hydrogens is 242 g/mol. The van der Waals surface area contributed by atoms with Crippen molar-refractivity contribution >= 4 is 0 Å². The fourth-order valence-electron chi connectivity index (χ4n) is 3.42. The molecule has 1 aliphatic carbocycles. The summed E-state index contributed by atoms with van der Waals surface area (Å²) in [6, 6.07) is 0. The van der Waals surface area contributed by atoms with Gasteiger partial charge in [0.1, 0.15) is 0 Å². The molecular formula is C17H30F2. The van der Waals surface area contributed by atoms with E-state index in [-0.39, 0.29) is 18.3 Å². The third kappa shape index (κ3) is 4.03. The number of rotatable bonds is 3. The van der Waals surface area contributed by atoms with Gasteiger partial charge in [-0.2, -0.15) is 0 Å². The molecule has 0 spiro atoms. The van der Waals surface area contributed by atoms with Gasteiger partial charge in [-0.1, -0.05) is 47.1 Å². The monoisotopic (exact) mass is 272 g/mol. The van der Waals surface area contributed by atoms with Crippen LogP contribution in [0.1, 0.15) is 67.2 Å². The second-order valence-electron chi connectivity index (χ2n) is 7.03. The van der Waals surface area contributed by atoms with Crippen LogP contribution in [0.2, 0.25) is 0 Å². The molecule has 0 amide bonds. The van der Waals surface area contributed by atoms with E-state index in [1.807, 2.05) is 13.8 Å². The van der Waals surface area contributed by atoms with Crippen LogP contribution in [-0.2, 0) is 0 Å². The Bertz CT molecular complexity index is 324. The van der Waals surface area contributed by atoms with Crippen LogP contribution in [0.5, 0.6) is 0 Å². The first kappa shape index (κ1) is 16.7. The van der Waals surface area contributed by atoms with E-state index < -0.39 is 5.92 Å². The van der Waals surface area contributed by atoms with Crippen molar-refractivity contribution < 1.29 is 8.78 Å². The molecule has 0 radical (unpaired) electrons. The summed E-state index contributed by atoms with van der Waals surface area (Å²) in [6.45, 7) is 12.2. The van der Waals surface area contributed by atoms with Gasteiger partial charge in [0, 0.05) is 12.0 Å². The lowest BCUT2D eigenvalue weighted by molar-refractivity contribution is 0.00971. The van der Waals surface area contributed by atoms with Gasteiger partial charge in [0.15, 0.2) is 0 Å². The molecule has 0 aromatic rings. The SMILES string of the molecule is CC(C)/C1=C(\C(C)C)C(F)(F)CCC(C(C)C)CC1. The molecule has 0 aliphatic heterocycles. The Balaban J connectivity index is 3.17. The first-order valence-electron chi connectivity index (χ1n) is 7.78. The fraction of sp³-hybridized carbons (Fsp3) is 0.882. The van der Waals surface area contributed by atoms with Crippen molar-refractivity contribution in [3.05, 3.63) is 11.1 Å². The molecule has 0 nitrogen and oxygen atoms in total. The first-order valence-corrected chi connectivity index (χ1v) is 7.78. The third-order valence-electron chi connectivity index (χ3n) is 4.57. The van der Waals surface area contributed by atoms with Crippen LogP contribution in [0.25, 0.3) is 0 Å². The van der Waals surface area contributed by atoms with E-state index in [2.05, 4.69) is 27.7 Å². The number of alkyl halides is 2. The van der Waals surface area contributed by atoms with Crippen molar-refractivity contribution in [1.82, 2.24) is 0 Å². The van der Waals surface area contributed by atoms with Crippen LogP contribution < -0.4 is 0 Å². The summed E-state index contributed by atoms with van der Waals surface area (Å²) in [7, 11) is 0. The quantitative estimate of drug-likeness (QED) is 0.546. The molecule has 1 aliphatic rings. The Labute approximate surface area is 117 Å². The molecule has 1 rings (SSSR count). The second kappa shape index (κ2) is 6.37. The molecule has 0 fully saturated rings. The van der Waals surface area contributed by atoms with Crippen molar-refractivity contribution in [3.63, 3.8) is 0 Å². The predicted molar refractivity (Wildman–Crippen MR) is 78.4 cm³/mol. The summed E-state index contributed by atoms with van der Waals surface area (Å²) in [6.07, 6.45) is 2.60. The number of hydrogen-bond donors (Lipinski definition) is 0. The predicted octanol–water partition coefficient (Wildman–Crippen LogP) is 6.08. The van der Waals surface area contributed by atoms with Crippen molar-refractivity contribution in [2.24, 2.45) is 23.7 Å². The van der Waals surface area contributed by atoms with Crippen LogP contribution >= 0.6 is 0 Å². The minimum atomic E-state index is -2.61. The van der Waals surface area contributed by atoms with Crippen molar-refractivity contribution in [3.8, 4) is 0 Å². The normalized spacial score (nSPS) is 28.9. The van der Waals surface area contributed by atoms with E-state index >= 15 is 0 Å². The molecule has 112 valence electrons. The van der Waals surface area contributed by atoms with Crippen molar-refractivity contribution in [2.45, 2.75) is 73.1 Å². The molecule has 0 saturated carbocycles. The highest BCUT2D eigenvalue weighted by atomic mass is 19.3. The fourth-order valence-corrected chi connectivity index (χ4v) is 3.42. The second-order valence-corrected chi connectivity index (χ2v) is 7.03. The van der Waals surface area contributed by atoms with Crippen LogP contribution in [0.15, 0.2) is 11.1 Å². The van der Waals surface area contributed by atoms with Gasteiger partial charge in [-0.15, -0.1) is 0 Å². The maximum absolute atomic E-state index is 14.5. The number of allylic oxidation sites excluding steroid dienone is 2. The summed E-state index contributed by atoms with van der Waals surface area (Å²) < 4.78 is 29.1. The maximum atomic E-state index is 14.5. The highest BCUT2D eigenvalue weighted by Crippen LogP contribution is 2.44. The molecule has 0 bridgehead atoms. The van der Waals surface area contributed by atoms with Gasteiger partial charge >= 0.3 is 0 Å². The summed E-state index contributed by atoms with van der Waals surface area (Å²) >= 11 is 0. The lowest BCUT2D eigenvalue weighted by atomic mass is 9.75. The Morgan fingerprint density at radius 2 is 1.53 bits per heavy atom. The van der Waals surface area contributed by atoms with Gasteiger partial charge in [-0.05, 0) is 42.9 Å². The Morgan fingerprint density at radius 3 is 1.95 bits per heavy atom. The van der Waals surface area contributed by atoms with Crippen molar-refractivity contribution in [2.75, 3.05) is 0 Å². The molecule has 1 unspecified atom stereocenters. The van der Waals surface area contributed by atoms with Crippen LogP contribution in [0.4, 0.5) is 8.78 Å². The Morgan fingerprint density at radius 1 is 0.947 bits per heavy atom. The van der Waals surface area contributed by atoms with Gasteiger partial charge in [-0.25, -0.2) is 8.78 Å². The van der Waals surface area contributed by atoms with Gasteiger partial charge in [0.05, 0.1) is 0 Å². The van der Waals surface area contributed by atoms with E-state index in [0.717, 1.165) is 18.4 Å². The zero-order valence-electron chi connectivity index (χ0n) is 13.4. The number of hydrogen-bond acceptors (Lipinski definition) is 0. The third-order valence-corrected chi connectivity index (χ3v) is 4.57. The van der Waals surface area contributed by atoms with Gasteiger partial charge < -0.3 is 0 Å². The lowest BCUT2D eigenvalue weighted by Gasteiger charge is -2.34. The van der Waals surface area contributed by atoms with Gasteiger partial charge in [0.25, 0.3) is 5.92 Å². The van der Waals surface area contributed by atoms with Crippen molar-refractivity contribution in [1.29, 1.82) is 0 Å². The highest BCUT2D eigenvalue weighted by molar-refractivity contribution is 5.25. The zero-order chi connectivity index (χ0) is 14.8. The van der Waals surface area contributed by atoms with Crippen LogP contribution in [-0.4, -0.2) is 5.92 Å². The summed E-state index contributed by atoms with van der Waals surface area (Å²) in [5.74, 6) is -1.49. The number of halogens is 2. The molecule has 0 N–H and O–H groups in total. The average Bonchev–Trinajstić information content (AvgIpc) is 2.22. The minimum absolute atomic E-state index is 0.0274. The lowest BCUT2D eigenvalue weighted by Crippen LogP contribution is -2.29. The summed E-state index contributed by atoms with van der Waals surface area (Å²) in [5, 5.41) is 0. The van der Waals surface area contributed by atoms with Crippen LogP contribution in [0.3, 0.4) is 0 Å². The molecule has 19 heavy (non-hydrogen) atoms. The topological polar surface area (TPSA) is 0 Å². The molecule has 0 aromatic heterocycles. The Hall–Kier alpha value is -0.400. The molecule has 0 heterocycles. The molecule has 2 heteroatoms. The van der Waals surface area contributed by atoms with E-state index in [0.29, 0.717) is 23.8 Å². The highest BCUT2D eigenvalue weighted by Gasteiger charge is 2.40. The summed E-state index contributed by atoms with van der Waals surface area (Å²) in [5.41, 5.74) is 1.45. The minimum Gasteiger partial charge on any atom is -0.202 e. The van der Waals surface area contributed by atoms with E-state index in [9.17, 15) is 8.78 Å². The zero-order valence-corrected chi connectivity index (χ0v) is 13.4. The maximum Gasteiger partial charge on any atom is 0.269 e. The van der Waals surface area contributed by atoms with Crippen LogP contribution in [0, 0.1) is 23.7 Å². The molecule has 1 atom stereocenters. The van der Waals surface area contributed by atoms with E-state index in [1.165, 1.54) is 0 Å². The smallest absolute Gasteiger partial charge is 0.202 e. The molecule has 0 saturated heterocycles. The van der Waals surface area contributed by atoms with Gasteiger partial charge in [0.2, 0.25) is 0 Å². The van der Waals surface area contributed by atoms with E-state index in [4.69, 9.17) is 0 Å². The average molecular weight is 272 g/mol. The Kier molecular flexibility index (Phi) is 5.58. The van der Waals surface area contributed by atoms with E-state index in [1.54, 1.807) is 0 Å². The van der Waals surface area contributed by atoms with Gasteiger partial charge in [-0.3, -0.25) is 0 Å². The largest absolute Gasteiger partial charge is 0.269 e. The first-order chi connectivity index (χ1) is 8.66. The standard InChI is InChI=1S/C17H30F2/c1-11(2)14-7-8-15(12(3)4)16(13(5)6)17(18,19)10-9-14/h11-14H,7-10H2,1-6H3/b16-15+.